The number of hydrogen-bond donors (Lipinski definition) is 0. The van der Waals surface area contributed by atoms with E-state index in [9.17, 15) is 0 Å². The Morgan fingerprint density at radius 2 is 1.19 bits per heavy atom. The summed E-state index contributed by atoms with van der Waals surface area (Å²) in [5, 5.41) is 0. The average molecular weight is 297 g/mol. The summed E-state index contributed by atoms with van der Waals surface area (Å²) in [5.74, 6) is 5.36. The molecule has 0 fully saturated rings. The van der Waals surface area contributed by atoms with Gasteiger partial charge in [-0.15, -0.1) is 0 Å². The molecule has 0 nitrogen and oxygen atoms in total. The molecule has 0 amide bonds. The van der Waals surface area contributed by atoms with Gasteiger partial charge >= 0.3 is 0 Å². The Kier molecular flexibility index (Phi) is 11.6. The predicted molar refractivity (Wildman–Crippen MR) is 98.7 cm³/mol. The Bertz CT molecular complexity index is 232. The SMILES string of the molecule is CCCC(C)CC(C)CC(CC)C(C)C(C)C(C)CCC. The second kappa shape index (κ2) is 11.6. The molecule has 128 valence electrons. The summed E-state index contributed by atoms with van der Waals surface area (Å²) < 4.78 is 0. The number of hydrogen-bond acceptors (Lipinski definition) is 0. The molecular formula is C21H44. The second-order valence-electron chi connectivity index (χ2n) is 8.12. The smallest absolute Gasteiger partial charge is 0.0386 e. The van der Waals surface area contributed by atoms with Gasteiger partial charge in [-0.3, -0.25) is 0 Å². The fraction of sp³-hybridized carbons (Fsp3) is 1.00. The Hall–Kier alpha value is 0. The van der Waals surface area contributed by atoms with Crippen molar-refractivity contribution in [2.45, 2.75) is 100 Å². The van der Waals surface area contributed by atoms with E-state index in [0.717, 1.165) is 35.5 Å². The lowest BCUT2D eigenvalue weighted by atomic mass is 9.72. The van der Waals surface area contributed by atoms with Gasteiger partial charge in [-0.2, -0.15) is 0 Å². The molecule has 0 aromatic heterocycles. The highest BCUT2D eigenvalue weighted by atomic mass is 14.3. The molecule has 0 aromatic rings. The molecule has 0 bridgehead atoms. The first-order valence-corrected chi connectivity index (χ1v) is 9.87. The maximum Gasteiger partial charge on any atom is -0.0386 e. The average Bonchev–Trinajstić information content (AvgIpc) is 2.43. The molecule has 0 N–H and O–H groups in total. The van der Waals surface area contributed by atoms with Crippen molar-refractivity contribution < 1.29 is 0 Å². The fourth-order valence-corrected chi connectivity index (χ4v) is 4.33. The zero-order valence-corrected chi connectivity index (χ0v) is 16.4. The van der Waals surface area contributed by atoms with Gasteiger partial charge in [-0.05, 0) is 48.3 Å². The van der Waals surface area contributed by atoms with Crippen LogP contribution in [0.3, 0.4) is 0 Å². The molecule has 0 saturated heterocycles. The topological polar surface area (TPSA) is 0 Å². The van der Waals surface area contributed by atoms with Crippen molar-refractivity contribution in [3.05, 3.63) is 0 Å². The molecule has 0 spiro atoms. The highest BCUT2D eigenvalue weighted by Gasteiger charge is 2.26. The van der Waals surface area contributed by atoms with Gasteiger partial charge in [0.05, 0.1) is 0 Å². The summed E-state index contributed by atoms with van der Waals surface area (Å²) in [6, 6.07) is 0. The van der Waals surface area contributed by atoms with E-state index < -0.39 is 0 Å². The zero-order valence-electron chi connectivity index (χ0n) is 16.4. The molecule has 0 saturated carbocycles. The van der Waals surface area contributed by atoms with Crippen molar-refractivity contribution >= 4 is 0 Å². The minimum absolute atomic E-state index is 0.871. The highest BCUT2D eigenvalue weighted by molar-refractivity contribution is 4.76. The number of rotatable bonds is 12. The molecule has 0 heteroatoms. The van der Waals surface area contributed by atoms with Crippen molar-refractivity contribution in [2.75, 3.05) is 0 Å². The van der Waals surface area contributed by atoms with Gasteiger partial charge in [0.25, 0.3) is 0 Å². The van der Waals surface area contributed by atoms with Crippen LogP contribution in [0.25, 0.3) is 0 Å². The minimum Gasteiger partial charge on any atom is -0.0654 e. The summed E-state index contributed by atoms with van der Waals surface area (Å²) in [6.07, 6.45) is 9.69. The molecule has 21 heavy (non-hydrogen) atoms. The molecule has 0 heterocycles. The van der Waals surface area contributed by atoms with Crippen molar-refractivity contribution in [1.82, 2.24) is 0 Å². The molecule has 0 radical (unpaired) electrons. The van der Waals surface area contributed by atoms with Crippen LogP contribution in [0.1, 0.15) is 100 Å². The first-order chi connectivity index (χ1) is 9.87. The monoisotopic (exact) mass is 296 g/mol. The quantitative estimate of drug-likeness (QED) is 0.348. The molecule has 0 aliphatic heterocycles. The van der Waals surface area contributed by atoms with Gasteiger partial charge in [0.2, 0.25) is 0 Å². The van der Waals surface area contributed by atoms with Gasteiger partial charge in [-0.1, -0.05) is 87.5 Å². The van der Waals surface area contributed by atoms with E-state index in [2.05, 4.69) is 55.4 Å². The van der Waals surface area contributed by atoms with Crippen LogP contribution in [-0.2, 0) is 0 Å². The third-order valence-electron chi connectivity index (χ3n) is 6.03. The summed E-state index contributed by atoms with van der Waals surface area (Å²) in [7, 11) is 0. The zero-order chi connectivity index (χ0) is 16.4. The van der Waals surface area contributed by atoms with Crippen LogP contribution in [0, 0.1) is 35.5 Å². The van der Waals surface area contributed by atoms with E-state index in [1.54, 1.807) is 0 Å². The van der Waals surface area contributed by atoms with Crippen LogP contribution in [-0.4, -0.2) is 0 Å². The van der Waals surface area contributed by atoms with Gasteiger partial charge in [0.15, 0.2) is 0 Å². The summed E-state index contributed by atoms with van der Waals surface area (Å²) in [6.45, 7) is 19.4. The first-order valence-electron chi connectivity index (χ1n) is 9.87. The van der Waals surface area contributed by atoms with E-state index in [-0.39, 0.29) is 0 Å². The minimum atomic E-state index is 0.871. The van der Waals surface area contributed by atoms with Crippen LogP contribution < -0.4 is 0 Å². The van der Waals surface area contributed by atoms with E-state index in [0.29, 0.717) is 0 Å². The van der Waals surface area contributed by atoms with E-state index in [4.69, 9.17) is 0 Å². The van der Waals surface area contributed by atoms with Crippen molar-refractivity contribution in [2.24, 2.45) is 35.5 Å². The largest absolute Gasteiger partial charge is 0.0654 e. The fourth-order valence-electron chi connectivity index (χ4n) is 4.33. The summed E-state index contributed by atoms with van der Waals surface area (Å²) in [4.78, 5) is 0. The van der Waals surface area contributed by atoms with Crippen molar-refractivity contribution in [3.63, 3.8) is 0 Å². The molecule has 0 aliphatic carbocycles. The molecule has 0 aliphatic rings. The van der Waals surface area contributed by atoms with E-state index >= 15 is 0 Å². The third-order valence-corrected chi connectivity index (χ3v) is 6.03. The highest BCUT2D eigenvalue weighted by Crippen LogP contribution is 2.35. The van der Waals surface area contributed by atoms with Gasteiger partial charge in [-0.25, -0.2) is 0 Å². The molecule has 6 atom stereocenters. The Labute approximate surface area is 136 Å². The van der Waals surface area contributed by atoms with Crippen LogP contribution in [0.15, 0.2) is 0 Å². The third kappa shape index (κ3) is 8.27. The standard InChI is InChI=1S/C21H44/c1-9-12-16(4)14-17(5)15-21(11-3)20(8)19(7)18(6)13-10-2/h16-21H,9-15H2,1-8H3. The first kappa shape index (κ1) is 21.0. The van der Waals surface area contributed by atoms with E-state index in [1.165, 1.54) is 44.9 Å². The lowest BCUT2D eigenvalue weighted by Crippen LogP contribution is -2.25. The Balaban J connectivity index is 4.41. The lowest BCUT2D eigenvalue weighted by Gasteiger charge is -2.34. The maximum atomic E-state index is 2.52. The summed E-state index contributed by atoms with van der Waals surface area (Å²) in [5.41, 5.74) is 0. The van der Waals surface area contributed by atoms with Crippen LogP contribution in [0.4, 0.5) is 0 Å². The predicted octanol–water partition coefficient (Wildman–Crippen LogP) is 7.57. The van der Waals surface area contributed by atoms with Crippen LogP contribution in [0.2, 0.25) is 0 Å². The Morgan fingerprint density at radius 3 is 1.67 bits per heavy atom. The Morgan fingerprint density at radius 1 is 0.619 bits per heavy atom. The molecule has 0 aromatic carbocycles. The summed E-state index contributed by atoms with van der Waals surface area (Å²) >= 11 is 0. The molecule has 0 rings (SSSR count). The van der Waals surface area contributed by atoms with Crippen LogP contribution in [0.5, 0.6) is 0 Å². The maximum absolute atomic E-state index is 2.52. The van der Waals surface area contributed by atoms with Crippen LogP contribution >= 0.6 is 0 Å². The van der Waals surface area contributed by atoms with Crippen molar-refractivity contribution in [3.8, 4) is 0 Å². The lowest BCUT2D eigenvalue weighted by molar-refractivity contribution is 0.161. The van der Waals surface area contributed by atoms with Gasteiger partial charge < -0.3 is 0 Å². The van der Waals surface area contributed by atoms with Gasteiger partial charge in [0, 0.05) is 0 Å². The second-order valence-corrected chi connectivity index (χ2v) is 8.12. The van der Waals surface area contributed by atoms with E-state index in [1.807, 2.05) is 0 Å². The molecule has 6 unspecified atom stereocenters. The van der Waals surface area contributed by atoms with Gasteiger partial charge in [0.1, 0.15) is 0 Å². The molecular weight excluding hydrogens is 252 g/mol. The normalized spacial score (nSPS) is 20.6. The van der Waals surface area contributed by atoms with Crippen molar-refractivity contribution in [1.29, 1.82) is 0 Å².